The second-order valence-electron chi connectivity index (χ2n) is 4.96. The maximum atomic E-state index is 4.63. The fraction of sp³-hybridized carbons (Fsp3) is 0.400. The third-order valence-corrected chi connectivity index (χ3v) is 3.18. The monoisotopic (exact) mass is 243 g/mol. The number of benzene rings is 1. The number of hydrogen-bond donors (Lipinski definition) is 2. The topological polar surface area (TPSA) is 40.7 Å². The number of hydrogen-bond acceptors (Lipinski definition) is 2. The summed E-state index contributed by atoms with van der Waals surface area (Å²) in [6.07, 6.45) is 0. The van der Waals surface area contributed by atoms with E-state index < -0.39 is 0 Å². The minimum absolute atomic E-state index is 0.567. The zero-order valence-electron chi connectivity index (χ0n) is 11.5. The molecule has 1 aromatic carbocycles. The Morgan fingerprint density at radius 1 is 1.22 bits per heavy atom. The Bertz CT molecular complexity index is 509. The summed E-state index contributed by atoms with van der Waals surface area (Å²) in [5.41, 5.74) is 4.72. The van der Waals surface area contributed by atoms with Gasteiger partial charge in [-0.15, -0.1) is 0 Å². The lowest BCUT2D eigenvalue weighted by Crippen LogP contribution is -2.06. The van der Waals surface area contributed by atoms with Crippen LogP contribution in [0.1, 0.15) is 36.7 Å². The number of H-pyrrole nitrogens is 1. The molecular formula is C15H21N3. The quantitative estimate of drug-likeness (QED) is 0.865. The Kier molecular flexibility index (Phi) is 3.82. The lowest BCUT2D eigenvalue weighted by atomic mass is 10.0. The first-order chi connectivity index (χ1) is 8.61. The first kappa shape index (κ1) is 12.8. The van der Waals surface area contributed by atoms with Gasteiger partial charge in [0.15, 0.2) is 0 Å². The van der Waals surface area contributed by atoms with Crippen LogP contribution in [0.3, 0.4) is 0 Å². The van der Waals surface area contributed by atoms with Crippen molar-refractivity contribution in [3.8, 4) is 11.4 Å². The highest BCUT2D eigenvalue weighted by Gasteiger charge is 2.08. The van der Waals surface area contributed by atoms with Crippen molar-refractivity contribution in [2.45, 2.75) is 33.2 Å². The summed E-state index contributed by atoms with van der Waals surface area (Å²) in [7, 11) is 1.94. The van der Waals surface area contributed by atoms with Gasteiger partial charge in [0.2, 0.25) is 0 Å². The van der Waals surface area contributed by atoms with Crippen molar-refractivity contribution >= 4 is 0 Å². The van der Waals surface area contributed by atoms with Crippen molar-refractivity contribution in [1.29, 1.82) is 0 Å². The van der Waals surface area contributed by atoms with E-state index in [2.05, 4.69) is 60.3 Å². The van der Waals surface area contributed by atoms with Crippen molar-refractivity contribution in [2.75, 3.05) is 7.05 Å². The normalized spacial score (nSPS) is 11.2. The molecule has 18 heavy (non-hydrogen) atoms. The molecule has 1 aromatic heterocycles. The van der Waals surface area contributed by atoms with E-state index in [9.17, 15) is 0 Å². The predicted octanol–water partition coefficient (Wildman–Crippen LogP) is 3.23. The lowest BCUT2D eigenvalue weighted by molar-refractivity contribution is 0.791. The van der Waals surface area contributed by atoms with Gasteiger partial charge in [-0.25, -0.2) is 4.98 Å². The zero-order chi connectivity index (χ0) is 13.1. The van der Waals surface area contributed by atoms with Crippen LogP contribution in [0.25, 0.3) is 11.4 Å². The van der Waals surface area contributed by atoms with Crippen molar-refractivity contribution in [3.05, 3.63) is 41.2 Å². The lowest BCUT2D eigenvalue weighted by Gasteiger charge is -2.05. The standard InChI is InChI=1S/C15H21N3/c1-10(2)12-5-7-13(8-6-12)15-17-11(3)14(18-15)9-16-4/h5-8,10,16H,9H2,1-4H3,(H,17,18). The molecule has 1 heterocycles. The average Bonchev–Trinajstić information content (AvgIpc) is 2.72. The molecule has 0 saturated carbocycles. The van der Waals surface area contributed by atoms with E-state index >= 15 is 0 Å². The summed E-state index contributed by atoms with van der Waals surface area (Å²) < 4.78 is 0. The predicted molar refractivity (Wildman–Crippen MR) is 75.6 cm³/mol. The van der Waals surface area contributed by atoms with E-state index in [4.69, 9.17) is 0 Å². The molecule has 0 radical (unpaired) electrons. The van der Waals surface area contributed by atoms with Crippen molar-refractivity contribution < 1.29 is 0 Å². The van der Waals surface area contributed by atoms with Crippen LogP contribution in [0.2, 0.25) is 0 Å². The van der Waals surface area contributed by atoms with E-state index in [1.807, 2.05) is 7.05 Å². The molecule has 0 saturated heterocycles. The Balaban J connectivity index is 2.28. The van der Waals surface area contributed by atoms with Gasteiger partial charge in [-0.3, -0.25) is 0 Å². The highest BCUT2D eigenvalue weighted by molar-refractivity contribution is 5.56. The highest BCUT2D eigenvalue weighted by atomic mass is 15.0. The maximum absolute atomic E-state index is 4.63. The number of nitrogens with one attached hydrogen (secondary N) is 2. The van der Waals surface area contributed by atoms with Gasteiger partial charge in [0.25, 0.3) is 0 Å². The summed E-state index contributed by atoms with van der Waals surface area (Å²) in [5.74, 6) is 1.52. The summed E-state index contributed by atoms with van der Waals surface area (Å²) in [4.78, 5) is 7.97. The molecule has 0 spiro atoms. The summed E-state index contributed by atoms with van der Waals surface area (Å²) in [6, 6.07) is 8.62. The van der Waals surface area contributed by atoms with Crippen LogP contribution in [0.15, 0.2) is 24.3 Å². The molecule has 2 rings (SSSR count). The Hall–Kier alpha value is -1.61. The van der Waals surface area contributed by atoms with E-state index in [0.717, 1.165) is 29.3 Å². The Labute approximate surface area is 109 Å². The maximum Gasteiger partial charge on any atom is 0.137 e. The SMILES string of the molecule is CNCc1nc(-c2ccc(C(C)C)cc2)[nH]c1C. The molecule has 0 fully saturated rings. The molecule has 0 aliphatic carbocycles. The molecule has 3 heteroatoms. The number of imidazole rings is 1. The molecule has 0 unspecified atom stereocenters. The molecule has 2 aromatic rings. The van der Waals surface area contributed by atoms with Gasteiger partial charge in [-0.2, -0.15) is 0 Å². The van der Waals surface area contributed by atoms with Crippen LogP contribution in [0, 0.1) is 6.92 Å². The van der Waals surface area contributed by atoms with Crippen LogP contribution in [-0.2, 0) is 6.54 Å². The minimum Gasteiger partial charge on any atom is -0.342 e. The third kappa shape index (κ3) is 2.62. The van der Waals surface area contributed by atoms with Crippen molar-refractivity contribution in [1.82, 2.24) is 15.3 Å². The van der Waals surface area contributed by atoms with Gasteiger partial charge in [-0.05, 0) is 25.5 Å². The van der Waals surface area contributed by atoms with E-state index in [-0.39, 0.29) is 0 Å². The Morgan fingerprint density at radius 2 is 1.89 bits per heavy atom. The molecule has 2 N–H and O–H groups in total. The van der Waals surface area contributed by atoms with E-state index in [0.29, 0.717) is 5.92 Å². The number of rotatable bonds is 4. The highest BCUT2D eigenvalue weighted by Crippen LogP contribution is 2.21. The fourth-order valence-electron chi connectivity index (χ4n) is 2.00. The number of aryl methyl sites for hydroxylation is 1. The summed E-state index contributed by atoms with van der Waals surface area (Å²) >= 11 is 0. The molecule has 96 valence electrons. The molecule has 0 amide bonds. The molecule has 0 aliphatic rings. The average molecular weight is 243 g/mol. The summed E-state index contributed by atoms with van der Waals surface area (Å²) in [5, 5.41) is 3.13. The Morgan fingerprint density at radius 3 is 2.44 bits per heavy atom. The third-order valence-electron chi connectivity index (χ3n) is 3.18. The van der Waals surface area contributed by atoms with E-state index in [1.165, 1.54) is 5.56 Å². The van der Waals surface area contributed by atoms with Gasteiger partial charge in [-0.1, -0.05) is 38.1 Å². The van der Waals surface area contributed by atoms with Gasteiger partial charge in [0, 0.05) is 17.8 Å². The van der Waals surface area contributed by atoms with Crippen LogP contribution in [0.4, 0.5) is 0 Å². The van der Waals surface area contributed by atoms with Gasteiger partial charge >= 0.3 is 0 Å². The molecule has 3 nitrogen and oxygen atoms in total. The van der Waals surface area contributed by atoms with Gasteiger partial charge in [0.05, 0.1) is 5.69 Å². The van der Waals surface area contributed by atoms with Crippen LogP contribution >= 0.6 is 0 Å². The van der Waals surface area contributed by atoms with Gasteiger partial charge in [0.1, 0.15) is 5.82 Å². The largest absolute Gasteiger partial charge is 0.342 e. The minimum atomic E-state index is 0.567. The zero-order valence-corrected chi connectivity index (χ0v) is 11.5. The van der Waals surface area contributed by atoms with E-state index in [1.54, 1.807) is 0 Å². The first-order valence-electron chi connectivity index (χ1n) is 6.42. The van der Waals surface area contributed by atoms with Crippen LogP contribution in [-0.4, -0.2) is 17.0 Å². The van der Waals surface area contributed by atoms with Crippen molar-refractivity contribution in [2.24, 2.45) is 0 Å². The number of nitrogens with zero attached hydrogens (tertiary/aromatic N) is 1. The summed E-state index contributed by atoms with van der Waals surface area (Å²) in [6.45, 7) is 7.27. The molecular weight excluding hydrogens is 222 g/mol. The molecule has 0 aliphatic heterocycles. The van der Waals surface area contributed by atoms with Crippen LogP contribution in [0.5, 0.6) is 0 Å². The first-order valence-corrected chi connectivity index (χ1v) is 6.42. The smallest absolute Gasteiger partial charge is 0.137 e. The number of aromatic amines is 1. The number of aromatic nitrogens is 2. The van der Waals surface area contributed by atoms with Crippen molar-refractivity contribution in [3.63, 3.8) is 0 Å². The van der Waals surface area contributed by atoms with Crippen LogP contribution < -0.4 is 5.32 Å². The second kappa shape index (κ2) is 5.36. The molecule has 0 atom stereocenters. The van der Waals surface area contributed by atoms with Gasteiger partial charge < -0.3 is 10.3 Å². The fourth-order valence-corrected chi connectivity index (χ4v) is 2.00. The molecule has 0 bridgehead atoms. The second-order valence-corrected chi connectivity index (χ2v) is 4.96.